The zero-order valence-corrected chi connectivity index (χ0v) is 14.7. The summed E-state index contributed by atoms with van der Waals surface area (Å²) in [6, 6.07) is 10.5. The Hall–Kier alpha value is -1.81. The fraction of sp³-hybridized carbons (Fsp3) is 0.421. The minimum Gasteiger partial charge on any atom is -0.317 e. The second-order valence-corrected chi connectivity index (χ2v) is 7.28. The molecule has 2 heterocycles. The van der Waals surface area contributed by atoms with Crippen molar-refractivity contribution in [2.75, 3.05) is 11.9 Å². The minimum absolute atomic E-state index is 0.0218. The van der Waals surface area contributed by atoms with Crippen LogP contribution >= 0.6 is 11.3 Å². The van der Waals surface area contributed by atoms with E-state index in [-0.39, 0.29) is 12.1 Å². The molecule has 4 heteroatoms. The number of urea groups is 1. The summed E-state index contributed by atoms with van der Waals surface area (Å²) >= 11 is 1.75. The molecule has 1 aromatic carbocycles. The van der Waals surface area contributed by atoms with Crippen LogP contribution in [0.15, 0.2) is 35.7 Å². The van der Waals surface area contributed by atoms with E-state index in [0.29, 0.717) is 0 Å². The number of nitrogens with zero attached hydrogens (tertiary/aromatic N) is 1. The molecule has 1 fully saturated rings. The van der Waals surface area contributed by atoms with Crippen LogP contribution in [-0.4, -0.2) is 17.5 Å². The van der Waals surface area contributed by atoms with E-state index in [1.165, 1.54) is 28.8 Å². The minimum atomic E-state index is 0.0218. The van der Waals surface area contributed by atoms with E-state index in [4.69, 9.17) is 0 Å². The molecule has 1 aliphatic rings. The average Bonchev–Trinajstić information content (AvgIpc) is 2.95. The second kappa shape index (κ2) is 7.18. The van der Waals surface area contributed by atoms with Crippen molar-refractivity contribution in [1.29, 1.82) is 0 Å². The maximum atomic E-state index is 12.8. The Labute approximate surface area is 142 Å². The number of nitrogens with one attached hydrogen (secondary N) is 1. The van der Waals surface area contributed by atoms with Crippen molar-refractivity contribution >= 4 is 23.1 Å². The van der Waals surface area contributed by atoms with Crippen LogP contribution in [-0.2, 0) is 0 Å². The van der Waals surface area contributed by atoms with Crippen molar-refractivity contribution in [3.8, 4) is 0 Å². The lowest BCUT2D eigenvalue weighted by atomic mass is 10.1. The summed E-state index contributed by atoms with van der Waals surface area (Å²) in [5, 5.41) is 5.19. The van der Waals surface area contributed by atoms with E-state index in [1.807, 2.05) is 17.0 Å². The maximum absolute atomic E-state index is 12.8. The van der Waals surface area contributed by atoms with Crippen LogP contribution in [0.25, 0.3) is 0 Å². The smallest absolute Gasteiger partial charge is 0.317 e. The molecule has 3 rings (SSSR count). The molecule has 0 aliphatic carbocycles. The van der Waals surface area contributed by atoms with Crippen molar-refractivity contribution in [2.24, 2.45) is 0 Å². The highest BCUT2D eigenvalue weighted by Gasteiger charge is 2.27. The van der Waals surface area contributed by atoms with Gasteiger partial charge in [-0.25, -0.2) is 4.79 Å². The Morgan fingerprint density at radius 2 is 2.04 bits per heavy atom. The Morgan fingerprint density at radius 3 is 2.78 bits per heavy atom. The number of thiophene rings is 1. The molecule has 0 bridgehead atoms. The van der Waals surface area contributed by atoms with Gasteiger partial charge in [-0.05, 0) is 61.4 Å². The largest absolute Gasteiger partial charge is 0.322 e. The number of hydrogen-bond acceptors (Lipinski definition) is 2. The van der Waals surface area contributed by atoms with Gasteiger partial charge in [-0.2, -0.15) is 0 Å². The number of hydrogen-bond donors (Lipinski definition) is 1. The molecule has 0 unspecified atom stereocenters. The Bertz CT molecular complexity index is 666. The van der Waals surface area contributed by atoms with E-state index in [9.17, 15) is 4.79 Å². The first-order valence-corrected chi connectivity index (χ1v) is 9.21. The molecule has 122 valence electrons. The summed E-state index contributed by atoms with van der Waals surface area (Å²) in [4.78, 5) is 16.2. The van der Waals surface area contributed by atoms with E-state index in [0.717, 1.165) is 25.1 Å². The van der Waals surface area contributed by atoms with Gasteiger partial charge in [-0.3, -0.25) is 0 Å². The average molecular weight is 328 g/mol. The number of carbonyl (C=O) groups excluding carboxylic acids is 1. The van der Waals surface area contributed by atoms with Gasteiger partial charge in [0, 0.05) is 17.1 Å². The van der Waals surface area contributed by atoms with E-state index in [2.05, 4.69) is 42.7 Å². The molecule has 2 aromatic rings. The van der Waals surface area contributed by atoms with Gasteiger partial charge in [-0.1, -0.05) is 25.0 Å². The number of anilines is 1. The lowest BCUT2D eigenvalue weighted by Gasteiger charge is -2.29. The third kappa shape index (κ3) is 3.75. The van der Waals surface area contributed by atoms with Gasteiger partial charge >= 0.3 is 6.03 Å². The SMILES string of the molecule is Cc1ccc(NC(=O)N2CCCCC[C@H]2c2cccs2)cc1C. The van der Waals surface area contributed by atoms with E-state index in [1.54, 1.807) is 11.3 Å². The molecule has 1 N–H and O–H groups in total. The highest BCUT2D eigenvalue weighted by atomic mass is 32.1. The number of likely N-dealkylation sites (tertiary alicyclic amines) is 1. The van der Waals surface area contributed by atoms with Gasteiger partial charge in [0.25, 0.3) is 0 Å². The number of benzene rings is 1. The van der Waals surface area contributed by atoms with Crippen LogP contribution in [0.4, 0.5) is 10.5 Å². The first-order chi connectivity index (χ1) is 11.1. The third-order valence-corrected chi connectivity index (χ3v) is 5.62. The molecule has 3 nitrogen and oxygen atoms in total. The Morgan fingerprint density at radius 1 is 1.17 bits per heavy atom. The number of carbonyl (C=O) groups is 1. The molecule has 1 atom stereocenters. The van der Waals surface area contributed by atoms with E-state index < -0.39 is 0 Å². The summed E-state index contributed by atoms with van der Waals surface area (Å²) in [5.74, 6) is 0. The van der Waals surface area contributed by atoms with Gasteiger partial charge in [0.15, 0.2) is 0 Å². The fourth-order valence-corrected chi connectivity index (χ4v) is 4.02. The molecule has 0 spiro atoms. The predicted molar refractivity (Wildman–Crippen MR) is 97.2 cm³/mol. The third-order valence-electron chi connectivity index (χ3n) is 4.64. The van der Waals surface area contributed by atoms with Crippen molar-refractivity contribution in [3.05, 3.63) is 51.7 Å². The summed E-state index contributed by atoms with van der Waals surface area (Å²) in [6.45, 7) is 4.99. The molecule has 0 saturated carbocycles. The fourth-order valence-electron chi connectivity index (χ4n) is 3.14. The van der Waals surface area contributed by atoms with Gasteiger partial charge in [-0.15, -0.1) is 11.3 Å². The zero-order valence-electron chi connectivity index (χ0n) is 13.8. The molecule has 2 amide bonds. The van der Waals surface area contributed by atoms with Crippen molar-refractivity contribution < 1.29 is 4.79 Å². The summed E-state index contributed by atoms with van der Waals surface area (Å²) in [5.41, 5.74) is 3.33. The summed E-state index contributed by atoms with van der Waals surface area (Å²) < 4.78 is 0. The van der Waals surface area contributed by atoms with Gasteiger partial charge in [0.1, 0.15) is 0 Å². The molecule has 1 saturated heterocycles. The highest BCUT2D eigenvalue weighted by molar-refractivity contribution is 7.10. The molecular formula is C19H24N2OS. The number of aryl methyl sites for hydroxylation is 2. The van der Waals surface area contributed by atoms with Crippen molar-refractivity contribution in [3.63, 3.8) is 0 Å². The van der Waals surface area contributed by atoms with E-state index >= 15 is 0 Å². The molecule has 23 heavy (non-hydrogen) atoms. The van der Waals surface area contributed by atoms with Gasteiger partial charge < -0.3 is 10.2 Å². The van der Waals surface area contributed by atoms with Crippen LogP contribution in [0.5, 0.6) is 0 Å². The van der Waals surface area contributed by atoms with Crippen LogP contribution in [0.2, 0.25) is 0 Å². The standard InChI is InChI=1S/C19H24N2OS/c1-14-9-10-16(13-15(14)2)20-19(22)21-11-5-3-4-7-17(21)18-8-6-12-23-18/h6,8-10,12-13,17H,3-5,7,11H2,1-2H3,(H,20,22)/t17-/m0/s1. The first kappa shape index (κ1) is 16.1. The predicted octanol–water partition coefficient (Wildman–Crippen LogP) is 5.51. The van der Waals surface area contributed by atoms with Crippen LogP contribution in [0.1, 0.15) is 47.7 Å². The van der Waals surface area contributed by atoms with Gasteiger partial charge in [0.05, 0.1) is 6.04 Å². The summed E-state index contributed by atoms with van der Waals surface area (Å²) in [7, 11) is 0. The topological polar surface area (TPSA) is 32.3 Å². The zero-order chi connectivity index (χ0) is 16.2. The number of amides is 2. The number of rotatable bonds is 2. The lowest BCUT2D eigenvalue weighted by molar-refractivity contribution is 0.190. The normalized spacial score (nSPS) is 18.5. The lowest BCUT2D eigenvalue weighted by Crippen LogP contribution is -2.37. The van der Waals surface area contributed by atoms with Crippen molar-refractivity contribution in [2.45, 2.75) is 45.6 Å². The Balaban J connectivity index is 1.78. The molecule has 1 aromatic heterocycles. The Kier molecular flexibility index (Phi) is 5.01. The molecular weight excluding hydrogens is 304 g/mol. The molecule has 1 aliphatic heterocycles. The van der Waals surface area contributed by atoms with Gasteiger partial charge in [0.2, 0.25) is 0 Å². The quantitative estimate of drug-likeness (QED) is 0.774. The monoisotopic (exact) mass is 328 g/mol. The van der Waals surface area contributed by atoms with Crippen LogP contribution < -0.4 is 5.32 Å². The van der Waals surface area contributed by atoms with Crippen LogP contribution in [0, 0.1) is 13.8 Å². The molecule has 0 radical (unpaired) electrons. The first-order valence-electron chi connectivity index (χ1n) is 8.33. The van der Waals surface area contributed by atoms with Crippen molar-refractivity contribution in [1.82, 2.24) is 4.90 Å². The highest BCUT2D eigenvalue weighted by Crippen LogP contribution is 2.33. The van der Waals surface area contributed by atoms with Crippen LogP contribution in [0.3, 0.4) is 0 Å². The summed E-state index contributed by atoms with van der Waals surface area (Å²) in [6.07, 6.45) is 4.54. The maximum Gasteiger partial charge on any atom is 0.322 e. The second-order valence-electron chi connectivity index (χ2n) is 6.30.